The van der Waals surface area contributed by atoms with Gasteiger partial charge in [0.2, 0.25) is 5.91 Å². The van der Waals surface area contributed by atoms with Gasteiger partial charge in [0.1, 0.15) is 11.4 Å². The number of hydrogen-bond donors (Lipinski definition) is 1. The van der Waals surface area contributed by atoms with Crippen molar-refractivity contribution in [3.05, 3.63) is 65.4 Å². The summed E-state index contributed by atoms with van der Waals surface area (Å²) in [7, 11) is 1.64. The van der Waals surface area contributed by atoms with Crippen LogP contribution in [0.5, 0.6) is 5.75 Å². The minimum atomic E-state index is -0.0547. The van der Waals surface area contributed by atoms with Crippen LogP contribution in [0.15, 0.2) is 54.0 Å². The summed E-state index contributed by atoms with van der Waals surface area (Å²) in [5.41, 5.74) is 4.73. The number of aromatic nitrogens is 3. The smallest absolute Gasteiger partial charge is 0.226 e. The van der Waals surface area contributed by atoms with Crippen LogP contribution < -0.4 is 10.1 Å². The molecule has 4 rings (SSSR count). The fourth-order valence-corrected chi connectivity index (χ4v) is 3.84. The minimum absolute atomic E-state index is 0.0547. The number of carbonyl (C=O) groups is 1. The molecule has 0 fully saturated rings. The Balaban J connectivity index is 1.40. The quantitative estimate of drug-likeness (QED) is 0.530. The number of fused-ring (bicyclic) bond motifs is 1. The number of ether oxygens (including phenoxy) is 1. The highest BCUT2D eigenvalue weighted by Gasteiger charge is 2.12. The van der Waals surface area contributed by atoms with Gasteiger partial charge in [0, 0.05) is 29.3 Å². The molecule has 3 heterocycles. The maximum absolute atomic E-state index is 12.4. The molecule has 6 nitrogen and oxygen atoms in total. The molecular formula is C21H20N4O2S. The second-order valence-corrected chi connectivity index (χ2v) is 7.25. The third-order valence-electron chi connectivity index (χ3n) is 4.55. The van der Waals surface area contributed by atoms with Crippen LogP contribution in [0.4, 0.5) is 5.13 Å². The van der Waals surface area contributed by atoms with Gasteiger partial charge in [0.05, 0.1) is 18.5 Å². The Morgan fingerprint density at radius 3 is 2.79 bits per heavy atom. The first-order valence-corrected chi connectivity index (χ1v) is 9.84. The lowest BCUT2D eigenvalue weighted by molar-refractivity contribution is -0.116. The predicted octanol–water partition coefficient (Wildman–Crippen LogP) is 4.35. The fraction of sp³-hybridized carbons (Fsp3) is 0.190. The Labute approximate surface area is 166 Å². The van der Waals surface area contributed by atoms with E-state index in [0.717, 1.165) is 34.0 Å². The standard InChI is InChI=1S/C21H20N4O2S/c1-14-18(25-12-4-3-5-19(25)22-14)10-11-20(26)24-21-23-17(13-28-21)15-6-8-16(27-2)9-7-15/h3-9,12-13H,10-11H2,1-2H3,(H,23,24,26). The van der Waals surface area contributed by atoms with Crippen molar-refractivity contribution in [2.24, 2.45) is 0 Å². The number of rotatable bonds is 6. The van der Waals surface area contributed by atoms with Gasteiger partial charge in [0.15, 0.2) is 5.13 Å². The molecule has 0 saturated heterocycles. The van der Waals surface area contributed by atoms with Gasteiger partial charge < -0.3 is 14.5 Å². The highest BCUT2D eigenvalue weighted by Crippen LogP contribution is 2.26. The van der Waals surface area contributed by atoms with Gasteiger partial charge in [-0.05, 0) is 49.7 Å². The number of carbonyl (C=O) groups excluding carboxylic acids is 1. The first kappa shape index (κ1) is 18.2. The van der Waals surface area contributed by atoms with Crippen molar-refractivity contribution in [2.75, 3.05) is 12.4 Å². The normalized spacial score (nSPS) is 10.9. The molecule has 0 aliphatic heterocycles. The van der Waals surface area contributed by atoms with Gasteiger partial charge in [-0.25, -0.2) is 9.97 Å². The first-order valence-electron chi connectivity index (χ1n) is 8.96. The molecule has 1 N–H and O–H groups in total. The summed E-state index contributed by atoms with van der Waals surface area (Å²) in [6.07, 6.45) is 2.98. The average Bonchev–Trinajstić information content (AvgIpc) is 3.30. The van der Waals surface area contributed by atoms with E-state index in [0.29, 0.717) is 18.0 Å². The van der Waals surface area contributed by atoms with Crippen LogP contribution >= 0.6 is 11.3 Å². The second-order valence-electron chi connectivity index (χ2n) is 6.39. The molecule has 0 aliphatic carbocycles. The number of methoxy groups -OCH3 is 1. The van der Waals surface area contributed by atoms with Gasteiger partial charge in [-0.15, -0.1) is 11.3 Å². The summed E-state index contributed by atoms with van der Waals surface area (Å²) in [5.74, 6) is 0.746. The number of benzene rings is 1. The molecule has 1 aromatic carbocycles. The van der Waals surface area contributed by atoms with Crippen LogP contribution in [-0.4, -0.2) is 27.4 Å². The number of imidazole rings is 1. The van der Waals surface area contributed by atoms with Crippen molar-refractivity contribution < 1.29 is 9.53 Å². The number of thiazole rings is 1. The number of pyridine rings is 1. The maximum Gasteiger partial charge on any atom is 0.226 e. The maximum atomic E-state index is 12.4. The van der Waals surface area contributed by atoms with Crippen molar-refractivity contribution in [1.29, 1.82) is 0 Å². The van der Waals surface area contributed by atoms with E-state index in [4.69, 9.17) is 4.74 Å². The van der Waals surface area contributed by atoms with E-state index in [-0.39, 0.29) is 5.91 Å². The summed E-state index contributed by atoms with van der Waals surface area (Å²) in [5, 5.41) is 5.44. The lowest BCUT2D eigenvalue weighted by Crippen LogP contribution is -2.13. The summed E-state index contributed by atoms with van der Waals surface area (Å²) < 4.78 is 7.21. The zero-order chi connectivity index (χ0) is 19.5. The van der Waals surface area contributed by atoms with Crippen molar-refractivity contribution in [1.82, 2.24) is 14.4 Å². The molecule has 4 aromatic rings. The van der Waals surface area contributed by atoms with E-state index in [1.807, 2.05) is 65.4 Å². The Hall–Kier alpha value is -3.19. The highest BCUT2D eigenvalue weighted by atomic mass is 32.1. The molecule has 0 saturated carbocycles. The summed E-state index contributed by atoms with van der Waals surface area (Å²) >= 11 is 1.42. The largest absolute Gasteiger partial charge is 0.497 e. The van der Waals surface area contributed by atoms with Crippen LogP contribution in [0.2, 0.25) is 0 Å². The molecule has 0 atom stereocenters. The van der Waals surface area contributed by atoms with Gasteiger partial charge in [-0.3, -0.25) is 4.79 Å². The van der Waals surface area contributed by atoms with E-state index in [1.54, 1.807) is 7.11 Å². The van der Waals surface area contributed by atoms with E-state index in [9.17, 15) is 4.79 Å². The van der Waals surface area contributed by atoms with E-state index in [2.05, 4.69) is 15.3 Å². The molecule has 1 amide bonds. The molecule has 0 unspecified atom stereocenters. The predicted molar refractivity (Wildman–Crippen MR) is 111 cm³/mol. The fourth-order valence-electron chi connectivity index (χ4n) is 3.10. The molecule has 0 bridgehead atoms. The highest BCUT2D eigenvalue weighted by molar-refractivity contribution is 7.14. The number of anilines is 1. The van der Waals surface area contributed by atoms with Crippen LogP contribution in [0.3, 0.4) is 0 Å². The molecule has 0 radical (unpaired) electrons. The monoisotopic (exact) mass is 392 g/mol. The Bertz CT molecular complexity index is 1120. The summed E-state index contributed by atoms with van der Waals surface area (Å²) in [6.45, 7) is 1.97. The number of amides is 1. The summed E-state index contributed by atoms with van der Waals surface area (Å²) in [4.78, 5) is 21.4. The van der Waals surface area contributed by atoms with Crippen molar-refractivity contribution >= 4 is 28.0 Å². The van der Waals surface area contributed by atoms with Crippen LogP contribution in [-0.2, 0) is 11.2 Å². The molecule has 0 aliphatic rings. The lowest BCUT2D eigenvalue weighted by Gasteiger charge is -2.04. The van der Waals surface area contributed by atoms with Gasteiger partial charge in [-0.1, -0.05) is 6.07 Å². The summed E-state index contributed by atoms with van der Waals surface area (Å²) in [6, 6.07) is 13.6. The van der Waals surface area contributed by atoms with Gasteiger partial charge in [-0.2, -0.15) is 0 Å². The topological polar surface area (TPSA) is 68.5 Å². The number of hydrogen-bond acceptors (Lipinski definition) is 5. The van der Waals surface area contributed by atoms with Crippen LogP contribution in [0.1, 0.15) is 17.8 Å². The molecular weight excluding hydrogens is 372 g/mol. The van der Waals surface area contributed by atoms with Crippen molar-refractivity contribution in [3.8, 4) is 17.0 Å². The molecule has 28 heavy (non-hydrogen) atoms. The number of nitrogens with one attached hydrogen (secondary N) is 1. The van der Waals surface area contributed by atoms with Crippen LogP contribution in [0.25, 0.3) is 16.9 Å². The van der Waals surface area contributed by atoms with Crippen molar-refractivity contribution in [3.63, 3.8) is 0 Å². The average molecular weight is 392 g/mol. The Morgan fingerprint density at radius 2 is 2.00 bits per heavy atom. The molecule has 142 valence electrons. The molecule has 3 aromatic heterocycles. The zero-order valence-electron chi connectivity index (χ0n) is 15.7. The van der Waals surface area contributed by atoms with E-state index >= 15 is 0 Å². The molecule has 7 heteroatoms. The second kappa shape index (κ2) is 7.82. The third-order valence-corrected chi connectivity index (χ3v) is 5.31. The SMILES string of the molecule is COc1ccc(-c2csc(NC(=O)CCc3c(C)nc4ccccn34)n2)cc1. The van der Waals surface area contributed by atoms with E-state index < -0.39 is 0 Å². The van der Waals surface area contributed by atoms with E-state index in [1.165, 1.54) is 11.3 Å². The zero-order valence-corrected chi connectivity index (χ0v) is 16.5. The lowest BCUT2D eigenvalue weighted by atomic mass is 10.2. The van der Waals surface area contributed by atoms with Gasteiger partial charge >= 0.3 is 0 Å². The number of aryl methyl sites for hydroxylation is 2. The first-order chi connectivity index (χ1) is 13.6. The molecule has 0 spiro atoms. The Kier molecular flexibility index (Phi) is 5.08. The van der Waals surface area contributed by atoms with Gasteiger partial charge in [0.25, 0.3) is 0 Å². The third kappa shape index (κ3) is 3.75. The van der Waals surface area contributed by atoms with Crippen LogP contribution in [0, 0.1) is 6.92 Å². The Morgan fingerprint density at radius 1 is 1.18 bits per heavy atom. The number of nitrogens with zero attached hydrogens (tertiary/aromatic N) is 3. The van der Waals surface area contributed by atoms with Crippen molar-refractivity contribution in [2.45, 2.75) is 19.8 Å². The minimum Gasteiger partial charge on any atom is -0.497 e.